The third-order valence-corrected chi connectivity index (χ3v) is 3.54. The molecule has 1 amide bonds. The van der Waals surface area contributed by atoms with E-state index in [1.807, 2.05) is 0 Å². The average Bonchev–Trinajstić information content (AvgIpc) is 2.54. The normalized spacial score (nSPS) is 30.5. The van der Waals surface area contributed by atoms with Gasteiger partial charge in [0.2, 0.25) is 12.2 Å². The fourth-order valence-electron chi connectivity index (χ4n) is 2.38. The van der Waals surface area contributed by atoms with E-state index in [4.69, 9.17) is 9.47 Å². The van der Waals surface area contributed by atoms with Crippen LogP contribution in [0.2, 0.25) is 0 Å². The van der Waals surface area contributed by atoms with Crippen molar-refractivity contribution in [3.63, 3.8) is 0 Å². The number of ether oxygens (including phenoxy) is 2. The molecule has 1 aliphatic heterocycles. The maximum absolute atomic E-state index is 11.3. The molecule has 1 aromatic carbocycles. The summed E-state index contributed by atoms with van der Waals surface area (Å²) in [4.78, 5) is 22.4. The van der Waals surface area contributed by atoms with Crippen molar-refractivity contribution >= 4 is 12.2 Å². The van der Waals surface area contributed by atoms with E-state index in [2.05, 4.69) is 5.32 Å². The van der Waals surface area contributed by atoms with Crippen molar-refractivity contribution < 1.29 is 34.4 Å². The van der Waals surface area contributed by atoms with Gasteiger partial charge in [0.1, 0.15) is 30.1 Å². The summed E-state index contributed by atoms with van der Waals surface area (Å²) in [7, 11) is 0. The lowest BCUT2D eigenvalue weighted by Gasteiger charge is -2.42. The van der Waals surface area contributed by atoms with E-state index in [-0.39, 0.29) is 11.3 Å². The molecule has 0 spiro atoms. The van der Waals surface area contributed by atoms with Crippen LogP contribution in [-0.2, 0) is 9.53 Å². The number of benzene rings is 1. The Kier molecular flexibility index (Phi) is 5.67. The molecule has 126 valence electrons. The average molecular weight is 325 g/mol. The first-order chi connectivity index (χ1) is 11.0. The van der Waals surface area contributed by atoms with Gasteiger partial charge >= 0.3 is 0 Å². The molecule has 1 aromatic rings. The summed E-state index contributed by atoms with van der Waals surface area (Å²) in [5, 5.41) is 31.7. The standard InChI is InChI=1S/C15H19NO7/c1-8(19)16-12-14(21)13(20)11(7-18)23-15(12)22-10-5-3-2-4-9(10)6-17/h2-6,11-15,18,20-21H,7H2,1H3,(H,16,19)/t11-,12+,13+,14+,15-/m1/s1. The lowest BCUT2D eigenvalue weighted by atomic mass is 9.97. The molecular weight excluding hydrogens is 306 g/mol. The molecule has 8 nitrogen and oxygen atoms in total. The summed E-state index contributed by atoms with van der Waals surface area (Å²) in [5.74, 6) is -0.257. The summed E-state index contributed by atoms with van der Waals surface area (Å²) in [5.41, 5.74) is 0.263. The molecule has 23 heavy (non-hydrogen) atoms. The monoisotopic (exact) mass is 325 g/mol. The zero-order chi connectivity index (χ0) is 17.0. The van der Waals surface area contributed by atoms with E-state index < -0.39 is 43.2 Å². The van der Waals surface area contributed by atoms with Crippen molar-refractivity contribution in [1.82, 2.24) is 5.32 Å². The third kappa shape index (κ3) is 3.85. The van der Waals surface area contributed by atoms with E-state index in [1.54, 1.807) is 12.1 Å². The van der Waals surface area contributed by atoms with E-state index in [9.17, 15) is 24.9 Å². The Balaban J connectivity index is 2.27. The molecule has 1 heterocycles. The van der Waals surface area contributed by atoms with Gasteiger partial charge in [0, 0.05) is 6.92 Å². The zero-order valence-electron chi connectivity index (χ0n) is 12.5. The second kappa shape index (κ2) is 7.51. The summed E-state index contributed by atoms with van der Waals surface area (Å²) >= 11 is 0. The molecule has 2 rings (SSSR count). The number of rotatable bonds is 5. The molecule has 0 aromatic heterocycles. The van der Waals surface area contributed by atoms with Crippen LogP contribution in [0.3, 0.4) is 0 Å². The zero-order valence-corrected chi connectivity index (χ0v) is 12.5. The van der Waals surface area contributed by atoms with Gasteiger partial charge in [0.05, 0.1) is 12.2 Å². The minimum Gasteiger partial charge on any atom is -0.462 e. The van der Waals surface area contributed by atoms with Crippen LogP contribution < -0.4 is 10.1 Å². The molecule has 4 N–H and O–H groups in total. The van der Waals surface area contributed by atoms with Gasteiger partial charge in [-0.1, -0.05) is 12.1 Å². The first-order valence-electron chi connectivity index (χ1n) is 7.08. The van der Waals surface area contributed by atoms with Crippen LogP contribution in [0, 0.1) is 0 Å². The van der Waals surface area contributed by atoms with Crippen molar-refractivity contribution in [3.8, 4) is 5.75 Å². The van der Waals surface area contributed by atoms with Gasteiger partial charge in [-0.15, -0.1) is 0 Å². The van der Waals surface area contributed by atoms with Gasteiger partial charge in [0.15, 0.2) is 6.29 Å². The molecule has 1 saturated heterocycles. The smallest absolute Gasteiger partial charge is 0.223 e. The topological polar surface area (TPSA) is 125 Å². The number of hydrogen-bond donors (Lipinski definition) is 4. The quantitative estimate of drug-likeness (QED) is 0.502. The lowest BCUT2D eigenvalue weighted by molar-refractivity contribution is -0.244. The van der Waals surface area contributed by atoms with Gasteiger partial charge in [-0.25, -0.2) is 0 Å². The molecule has 0 saturated carbocycles. The number of amides is 1. The highest BCUT2D eigenvalue weighted by Gasteiger charge is 2.46. The number of para-hydroxylation sites is 1. The van der Waals surface area contributed by atoms with Crippen LogP contribution in [0.25, 0.3) is 0 Å². The molecule has 0 radical (unpaired) electrons. The molecule has 1 fully saturated rings. The molecule has 0 bridgehead atoms. The van der Waals surface area contributed by atoms with Gasteiger partial charge < -0.3 is 30.1 Å². The van der Waals surface area contributed by atoms with E-state index in [0.29, 0.717) is 6.29 Å². The summed E-state index contributed by atoms with van der Waals surface area (Å²) < 4.78 is 11.0. The summed E-state index contributed by atoms with van der Waals surface area (Å²) in [6.07, 6.45) is -4.46. The van der Waals surface area contributed by atoms with Crippen LogP contribution in [0.1, 0.15) is 17.3 Å². The minimum absolute atomic E-state index is 0.197. The molecule has 5 atom stereocenters. The predicted molar refractivity (Wildman–Crippen MR) is 77.8 cm³/mol. The highest BCUT2D eigenvalue weighted by molar-refractivity contribution is 5.79. The third-order valence-electron chi connectivity index (χ3n) is 3.54. The Morgan fingerprint density at radius 3 is 2.65 bits per heavy atom. The maximum Gasteiger partial charge on any atom is 0.223 e. The molecule has 0 unspecified atom stereocenters. The first kappa shape index (κ1) is 17.4. The van der Waals surface area contributed by atoms with Crippen LogP contribution >= 0.6 is 0 Å². The largest absolute Gasteiger partial charge is 0.462 e. The van der Waals surface area contributed by atoms with Crippen molar-refractivity contribution in [1.29, 1.82) is 0 Å². The van der Waals surface area contributed by atoms with Crippen molar-refractivity contribution in [3.05, 3.63) is 29.8 Å². The number of aliphatic hydroxyl groups excluding tert-OH is 3. The van der Waals surface area contributed by atoms with Crippen molar-refractivity contribution in [2.45, 2.75) is 37.6 Å². The minimum atomic E-state index is -1.40. The number of hydrogen-bond acceptors (Lipinski definition) is 7. The maximum atomic E-state index is 11.3. The Hall–Kier alpha value is -2.00. The van der Waals surface area contributed by atoms with Gasteiger partial charge in [-0.2, -0.15) is 0 Å². The van der Waals surface area contributed by atoms with E-state index in [1.165, 1.54) is 19.1 Å². The summed E-state index contributed by atoms with van der Waals surface area (Å²) in [6, 6.07) is 5.30. The van der Waals surface area contributed by atoms with Crippen LogP contribution in [0.15, 0.2) is 24.3 Å². The molecule has 0 aliphatic carbocycles. The van der Waals surface area contributed by atoms with Crippen LogP contribution in [0.5, 0.6) is 5.75 Å². The Morgan fingerprint density at radius 2 is 2.04 bits per heavy atom. The van der Waals surface area contributed by atoms with Gasteiger partial charge in [-0.3, -0.25) is 9.59 Å². The second-order valence-corrected chi connectivity index (χ2v) is 5.21. The first-order valence-corrected chi connectivity index (χ1v) is 7.08. The lowest BCUT2D eigenvalue weighted by Crippen LogP contribution is -2.65. The van der Waals surface area contributed by atoms with E-state index in [0.717, 1.165) is 0 Å². The van der Waals surface area contributed by atoms with Crippen LogP contribution in [0.4, 0.5) is 0 Å². The number of carbonyl (C=O) groups excluding carboxylic acids is 2. The highest BCUT2D eigenvalue weighted by Crippen LogP contribution is 2.26. The number of aldehydes is 1. The molecular formula is C15H19NO7. The van der Waals surface area contributed by atoms with E-state index >= 15 is 0 Å². The predicted octanol–water partition coefficient (Wildman–Crippen LogP) is -1.18. The van der Waals surface area contributed by atoms with Crippen molar-refractivity contribution in [2.24, 2.45) is 0 Å². The van der Waals surface area contributed by atoms with Gasteiger partial charge in [-0.05, 0) is 12.1 Å². The molecule has 8 heteroatoms. The number of carbonyl (C=O) groups is 2. The Labute approximate surface area is 132 Å². The number of aliphatic hydroxyl groups is 3. The SMILES string of the molecule is CC(=O)N[C@@H]1[C@H](Oc2ccccc2C=O)O[C@H](CO)[C@H](O)[C@H]1O. The summed E-state index contributed by atoms with van der Waals surface area (Å²) in [6.45, 7) is 0.702. The Bertz CT molecular complexity index is 565. The fourth-order valence-corrected chi connectivity index (χ4v) is 2.38. The fraction of sp³-hybridized carbons (Fsp3) is 0.467. The Morgan fingerprint density at radius 1 is 1.35 bits per heavy atom. The molecule has 1 aliphatic rings. The highest BCUT2D eigenvalue weighted by atomic mass is 16.7. The van der Waals surface area contributed by atoms with Crippen LogP contribution in [-0.4, -0.2) is 64.8 Å². The second-order valence-electron chi connectivity index (χ2n) is 5.21. The number of nitrogens with one attached hydrogen (secondary N) is 1. The van der Waals surface area contributed by atoms with Crippen molar-refractivity contribution in [2.75, 3.05) is 6.61 Å². The van der Waals surface area contributed by atoms with Gasteiger partial charge in [0.25, 0.3) is 0 Å².